The highest BCUT2D eigenvalue weighted by Crippen LogP contribution is 2.43. The SMILES string of the molecule is NC1=NCC2(CCC2)N1c1ccc(F)cc1. The van der Waals surface area contributed by atoms with Crippen LogP contribution in [0, 0.1) is 5.82 Å². The van der Waals surface area contributed by atoms with Crippen LogP contribution in [-0.4, -0.2) is 18.0 Å². The fraction of sp³-hybridized carbons (Fsp3) is 0.417. The number of rotatable bonds is 1. The Morgan fingerprint density at radius 3 is 2.50 bits per heavy atom. The summed E-state index contributed by atoms with van der Waals surface area (Å²) in [6.07, 6.45) is 3.46. The van der Waals surface area contributed by atoms with Crippen molar-refractivity contribution in [3.05, 3.63) is 30.1 Å². The molecule has 2 aliphatic rings. The molecule has 1 aliphatic heterocycles. The van der Waals surface area contributed by atoms with Gasteiger partial charge in [0.1, 0.15) is 5.82 Å². The lowest BCUT2D eigenvalue weighted by atomic mass is 9.76. The molecule has 0 atom stereocenters. The number of aliphatic imine (C=N–C) groups is 1. The van der Waals surface area contributed by atoms with E-state index in [4.69, 9.17) is 5.73 Å². The van der Waals surface area contributed by atoms with Gasteiger partial charge in [0.25, 0.3) is 0 Å². The molecule has 3 nitrogen and oxygen atoms in total. The van der Waals surface area contributed by atoms with Crippen LogP contribution in [0.25, 0.3) is 0 Å². The maximum absolute atomic E-state index is 12.9. The highest BCUT2D eigenvalue weighted by molar-refractivity contribution is 5.98. The van der Waals surface area contributed by atoms with Crippen molar-refractivity contribution in [3.63, 3.8) is 0 Å². The lowest BCUT2D eigenvalue weighted by molar-refractivity contribution is 0.272. The van der Waals surface area contributed by atoms with Crippen LogP contribution in [0.2, 0.25) is 0 Å². The number of benzene rings is 1. The van der Waals surface area contributed by atoms with E-state index in [9.17, 15) is 4.39 Å². The van der Waals surface area contributed by atoms with Gasteiger partial charge in [-0.15, -0.1) is 0 Å². The summed E-state index contributed by atoms with van der Waals surface area (Å²) in [5.74, 6) is 0.340. The zero-order valence-corrected chi connectivity index (χ0v) is 8.99. The molecule has 0 unspecified atom stereocenters. The molecular formula is C12H14FN3. The number of hydrogen-bond donors (Lipinski definition) is 1. The first-order valence-corrected chi connectivity index (χ1v) is 5.57. The molecule has 0 bridgehead atoms. The van der Waals surface area contributed by atoms with Gasteiger partial charge in [-0.05, 0) is 43.5 Å². The van der Waals surface area contributed by atoms with E-state index < -0.39 is 0 Å². The Morgan fingerprint density at radius 2 is 1.94 bits per heavy atom. The number of anilines is 1. The van der Waals surface area contributed by atoms with Gasteiger partial charge in [0.2, 0.25) is 0 Å². The summed E-state index contributed by atoms with van der Waals surface area (Å²) in [5.41, 5.74) is 6.95. The highest BCUT2D eigenvalue weighted by Gasteiger charge is 2.47. The van der Waals surface area contributed by atoms with Gasteiger partial charge in [0.15, 0.2) is 5.96 Å². The van der Waals surface area contributed by atoms with Crippen LogP contribution in [0.15, 0.2) is 29.3 Å². The molecule has 1 saturated carbocycles. The first-order chi connectivity index (χ1) is 7.71. The third-order valence-electron chi connectivity index (χ3n) is 3.61. The minimum Gasteiger partial charge on any atom is -0.369 e. The monoisotopic (exact) mass is 219 g/mol. The number of hydrogen-bond acceptors (Lipinski definition) is 3. The zero-order chi connectivity index (χ0) is 11.2. The molecule has 0 saturated heterocycles. The molecule has 0 amide bonds. The minimum absolute atomic E-state index is 0.0852. The van der Waals surface area contributed by atoms with E-state index in [1.165, 1.54) is 18.6 Å². The van der Waals surface area contributed by atoms with Crippen molar-refractivity contribution in [3.8, 4) is 0 Å². The van der Waals surface area contributed by atoms with Crippen LogP contribution in [0.1, 0.15) is 19.3 Å². The van der Waals surface area contributed by atoms with E-state index in [0.717, 1.165) is 25.1 Å². The second-order valence-corrected chi connectivity index (χ2v) is 4.56. The van der Waals surface area contributed by atoms with Crippen LogP contribution in [0.4, 0.5) is 10.1 Å². The van der Waals surface area contributed by atoms with Gasteiger partial charge in [-0.1, -0.05) is 0 Å². The summed E-state index contributed by atoms with van der Waals surface area (Å²) in [6, 6.07) is 6.47. The smallest absolute Gasteiger partial charge is 0.196 e. The van der Waals surface area contributed by atoms with Crippen molar-refractivity contribution in [2.75, 3.05) is 11.4 Å². The average molecular weight is 219 g/mol. The summed E-state index contributed by atoms with van der Waals surface area (Å²) >= 11 is 0. The van der Waals surface area contributed by atoms with E-state index in [1.807, 2.05) is 0 Å². The van der Waals surface area contributed by atoms with E-state index in [0.29, 0.717) is 5.96 Å². The largest absolute Gasteiger partial charge is 0.369 e. The molecule has 0 aromatic heterocycles. The molecule has 2 N–H and O–H groups in total. The zero-order valence-electron chi connectivity index (χ0n) is 8.99. The summed E-state index contributed by atoms with van der Waals surface area (Å²) in [4.78, 5) is 6.38. The van der Waals surface area contributed by atoms with Crippen LogP contribution in [0.5, 0.6) is 0 Å². The van der Waals surface area contributed by atoms with Crippen LogP contribution < -0.4 is 10.6 Å². The third-order valence-corrected chi connectivity index (χ3v) is 3.61. The summed E-state index contributed by atoms with van der Waals surface area (Å²) in [6.45, 7) is 0.774. The standard InChI is InChI=1S/C12H14FN3/c13-9-2-4-10(5-3-9)16-11(14)15-8-12(16)6-1-7-12/h2-5H,1,6-8H2,(H2,14,15). The average Bonchev–Trinajstić information content (AvgIpc) is 2.57. The first-order valence-electron chi connectivity index (χ1n) is 5.57. The van der Waals surface area contributed by atoms with Crippen molar-refractivity contribution >= 4 is 11.6 Å². The van der Waals surface area contributed by atoms with Crippen LogP contribution in [-0.2, 0) is 0 Å². The molecule has 3 rings (SSSR count). The fourth-order valence-electron chi connectivity index (χ4n) is 2.58. The van der Waals surface area contributed by atoms with E-state index in [2.05, 4.69) is 9.89 Å². The van der Waals surface area contributed by atoms with Crippen LogP contribution >= 0.6 is 0 Å². The van der Waals surface area contributed by atoms with Crippen molar-refractivity contribution in [1.82, 2.24) is 0 Å². The second kappa shape index (κ2) is 3.20. The van der Waals surface area contributed by atoms with Gasteiger partial charge in [0, 0.05) is 5.69 Å². The maximum atomic E-state index is 12.9. The lowest BCUT2D eigenvalue weighted by Gasteiger charge is -2.46. The van der Waals surface area contributed by atoms with Crippen molar-refractivity contribution in [1.29, 1.82) is 0 Å². The normalized spacial score (nSPS) is 22.1. The quantitative estimate of drug-likeness (QED) is 0.783. The molecule has 1 fully saturated rings. The Morgan fingerprint density at radius 1 is 1.25 bits per heavy atom. The summed E-state index contributed by atoms with van der Waals surface area (Å²) < 4.78 is 12.9. The van der Waals surface area contributed by atoms with Gasteiger partial charge < -0.3 is 10.6 Å². The van der Waals surface area contributed by atoms with Gasteiger partial charge in [-0.2, -0.15) is 0 Å². The Hall–Kier alpha value is -1.58. The van der Waals surface area contributed by atoms with Gasteiger partial charge in [-0.25, -0.2) is 4.39 Å². The molecule has 1 heterocycles. The molecule has 4 heteroatoms. The van der Waals surface area contributed by atoms with Gasteiger partial charge in [0.05, 0.1) is 12.1 Å². The summed E-state index contributed by atoms with van der Waals surface area (Å²) in [7, 11) is 0. The van der Waals surface area contributed by atoms with E-state index in [1.54, 1.807) is 12.1 Å². The molecule has 0 radical (unpaired) electrons. The lowest BCUT2D eigenvalue weighted by Crippen LogP contribution is -2.56. The highest BCUT2D eigenvalue weighted by atomic mass is 19.1. The van der Waals surface area contributed by atoms with Gasteiger partial charge >= 0.3 is 0 Å². The molecule has 1 spiro atoms. The third kappa shape index (κ3) is 1.22. The van der Waals surface area contributed by atoms with Crippen molar-refractivity contribution < 1.29 is 4.39 Å². The topological polar surface area (TPSA) is 41.6 Å². The number of nitrogens with two attached hydrogens (primary N) is 1. The number of halogens is 1. The molecule has 1 aliphatic carbocycles. The van der Waals surface area contributed by atoms with Crippen LogP contribution in [0.3, 0.4) is 0 Å². The maximum Gasteiger partial charge on any atom is 0.196 e. The Bertz CT molecular complexity index is 434. The fourth-order valence-corrected chi connectivity index (χ4v) is 2.58. The number of guanidine groups is 1. The Balaban J connectivity index is 1.97. The van der Waals surface area contributed by atoms with Crippen molar-refractivity contribution in [2.45, 2.75) is 24.8 Å². The summed E-state index contributed by atoms with van der Waals surface area (Å²) in [5, 5.41) is 0. The van der Waals surface area contributed by atoms with E-state index in [-0.39, 0.29) is 11.4 Å². The molecule has 1 aromatic rings. The van der Waals surface area contributed by atoms with Crippen molar-refractivity contribution in [2.24, 2.45) is 10.7 Å². The van der Waals surface area contributed by atoms with Gasteiger partial charge in [-0.3, -0.25) is 4.99 Å². The van der Waals surface area contributed by atoms with E-state index >= 15 is 0 Å². The number of nitrogens with zero attached hydrogens (tertiary/aromatic N) is 2. The molecule has 1 aromatic carbocycles. The Labute approximate surface area is 93.8 Å². The molecule has 16 heavy (non-hydrogen) atoms. The Kier molecular flexibility index (Phi) is 1.93. The first kappa shape index (κ1) is 9.63. The molecular weight excluding hydrogens is 205 g/mol. The predicted molar refractivity (Wildman–Crippen MR) is 62.0 cm³/mol. The predicted octanol–water partition coefficient (Wildman–Crippen LogP) is 1.88. The molecule has 84 valence electrons. The second-order valence-electron chi connectivity index (χ2n) is 4.56. The minimum atomic E-state index is -0.221.